The molecule has 1 aliphatic rings. The molecule has 25 heavy (non-hydrogen) atoms. The van der Waals surface area contributed by atoms with E-state index < -0.39 is 27.1 Å². The second-order valence-electron chi connectivity index (χ2n) is 6.73. The smallest absolute Gasteiger partial charge is 0.407 e. The molecule has 1 fully saturated rings. The number of hydrogen-bond acceptors (Lipinski definition) is 5. The highest BCUT2D eigenvalue weighted by Gasteiger charge is 2.35. The van der Waals surface area contributed by atoms with Crippen LogP contribution in [0.3, 0.4) is 0 Å². The van der Waals surface area contributed by atoms with E-state index in [9.17, 15) is 18.0 Å². The number of carbonyl (C=O) groups is 2. The predicted octanol–water partition coefficient (Wildman–Crippen LogP) is 2.47. The van der Waals surface area contributed by atoms with E-state index in [0.29, 0.717) is 12.8 Å². The van der Waals surface area contributed by atoms with Crippen LogP contribution < -0.4 is 5.32 Å². The number of sulfone groups is 1. The van der Waals surface area contributed by atoms with Gasteiger partial charge in [0.15, 0.2) is 9.84 Å². The Morgan fingerprint density at radius 1 is 1.28 bits per heavy atom. The zero-order valence-corrected chi connectivity index (χ0v) is 15.4. The van der Waals surface area contributed by atoms with Gasteiger partial charge in [-0.05, 0) is 25.8 Å². The minimum atomic E-state index is -3.29. The first-order valence-corrected chi connectivity index (χ1v) is 10.2. The highest BCUT2D eigenvalue weighted by atomic mass is 32.2. The van der Waals surface area contributed by atoms with E-state index in [1.165, 1.54) is 0 Å². The number of benzene rings is 1. The Balaban J connectivity index is 1.95. The van der Waals surface area contributed by atoms with Crippen LogP contribution in [0.5, 0.6) is 0 Å². The monoisotopic (exact) mass is 367 g/mol. The van der Waals surface area contributed by atoms with E-state index in [4.69, 9.17) is 4.74 Å². The van der Waals surface area contributed by atoms with Crippen LogP contribution in [-0.4, -0.2) is 37.3 Å². The summed E-state index contributed by atoms with van der Waals surface area (Å²) in [5.74, 6) is -0.461. The summed E-state index contributed by atoms with van der Waals surface area (Å²) in [5, 5.41) is 2.24. The quantitative estimate of drug-likeness (QED) is 0.834. The summed E-state index contributed by atoms with van der Waals surface area (Å²) in [4.78, 5) is 23.8. The number of nitrogens with one attached hydrogen (secondary N) is 1. The molecule has 1 saturated carbocycles. The normalized spacial score (nSPS) is 21.2. The minimum Gasteiger partial charge on any atom is -0.445 e. The number of ether oxygens (including phenoxy) is 1. The van der Waals surface area contributed by atoms with Crippen molar-refractivity contribution in [3.05, 3.63) is 35.9 Å². The molecule has 1 amide bonds. The summed E-state index contributed by atoms with van der Waals surface area (Å²) >= 11 is 0. The lowest BCUT2D eigenvalue weighted by atomic mass is 9.85. The van der Waals surface area contributed by atoms with Crippen molar-refractivity contribution in [1.29, 1.82) is 0 Å². The Hall–Kier alpha value is -1.89. The van der Waals surface area contributed by atoms with Crippen molar-refractivity contribution in [1.82, 2.24) is 5.32 Å². The van der Waals surface area contributed by atoms with Crippen LogP contribution in [-0.2, 0) is 26.0 Å². The van der Waals surface area contributed by atoms with E-state index in [-0.39, 0.29) is 30.6 Å². The predicted molar refractivity (Wildman–Crippen MR) is 94.8 cm³/mol. The fraction of sp³-hybridized carbons (Fsp3) is 0.556. The lowest BCUT2D eigenvalue weighted by Gasteiger charge is -2.31. The summed E-state index contributed by atoms with van der Waals surface area (Å²) in [6.45, 7) is 3.39. The molecule has 6 nitrogen and oxygen atoms in total. The average molecular weight is 367 g/mol. The van der Waals surface area contributed by atoms with Gasteiger partial charge in [0, 0.05) is 24.8 Å². The van der Waals surface area contributed by atoms with Crippen molar-refractivity contribution >= 4 is 21.7 Å². The molecule has 0 saturated heterocycles. The van der Waals surface area contributed by atoms with Gasteiger partial charge in [0.1, 0.15) is 12.4 Å². The third-order valence-electron chi connectivity index (χ3n) is 4.47. The van der Waals surface area contributed by atoms with Crippen LogP contribution in [0.25, 0.3) is 0 Å². The molecule has 1 N–H and O–H groups in total. The number of ketones is 1. The maximum absolute atomic E-state index is 12.2. The third kappa shape index (κ3) is 5.85. The van der Waals surface area contributed by atoms with E-state index in [0.717, 1.165) is 5.56 Å². The molecule has 0 unspecified atom stereocenters. The summed E-state index contributed by atoms with van der Waals surface area (Å²) in [5.41, 5.74) is 0.871. The van der Waals surface area contributed by atoms with Gasteiger partial charge < -0.3 is 10.1 Å². The van der Waals surface area contributed by atoms with Gasteiger partial charge >= 0.3 is 6.09 Å². The zero-order chi connectivity index (χ0) is 18.4. The molecular weight excluding hydrogens is 342 g/mol. The molecule has 2 atom stereocenters. The second-order valence-corrected chi connectivity index (χ2v) is 9.33. The Morgan fingerprint density at radius 2 is 1.96 bits per heavy atom. The van der Waals surface area contributed by atoms with Gasteiger partial charge in [0.25, 0.3) is 0 Å². The lowest BCUT2D eigenvalue weighted by molar-refractivity contribution is -0.121. The third-order valence-corrected chi connectivity index (χ3v) is 6.80. The SMILES string of the molecule is CC(C)S(=O)(=O)C[C@@H]1CC(=O)CC[C@@H]1NC(=O)OCc1ccccc1. The Kier molecular flexibility index (Phi) is 6.58. The van der Waals surface area contributed by atoms with Crippen molar-refractivity contribution in [2.45, 2.75) is 51.0 Å². The second kappa shape index (κ2) is 8.47. The van der Waals surface area contributed by atoms with Gasteiger partial charge in [-0.1, -0.05) is 30.3 Å². The topological polar surface area (TPSA) is 89.5 Å². The lowest BCUT2D eigenvalue weighted by Crippen LogP contribution is -2.47. The van der Waals surface area contributed by atoms with Gasteiger partial charge in [-0.3, -0.25) is 4.79 Å². The molecule has 1 aromatic carbocycles. The molecule has 0 aromatic heterocycles. The molecule has 0 spiro atoms. The highest BCUT2D eigenvalue weighted by molar-refractivity contribution is 7.91. The van der Waals surface area contributed by atoms with Crippen molar-refractivity contribution in [2.24, 2.45) is 5.92 Å². The van der Waals surface area contributed by atoms with Crippen molar-refractivity contribution in [3.63, 3.8) is 0 Å². The molecule has 0 aliphatic heterocycles. The molecule has 138 valence electrons. The van der Waals surface area contributed by atoms with E-state index in [1.807, 2.05) is 30.3 Å². The minimum absolute atomic E-state index is 0.0414. The standard InChI is InChI=1S/C18H25NO5S/c1-13(2)25(22,23)12-15-10-16(20)8-9-17(15)19-18(21)24-11-14-6-4-3-5-7-14/h3-7,13,15,17H,8-12H2,1-2H3,(H,19,21)/t15-,17-/m0/s1. The molecule has 1 aromatic rings. The number of hydrogen-bond donors (Lipinski definition) is 1. The van der Waals surface area contributed by atoms with Crippen molar-refractivity contribution in [2.75, 3.05) is 5.75 Å². The van der Waals surface area contributed by atoms with Crippen LogP contribution >= 0.6 is 0 Å². The average Bonchev–Trinajstić information content (AvgIpc) is 2.56. The molecule has 2 rings (SSSR count). The number of carbonyl (C=O) groups excluding carboxylic acids is 2. The number of amides is 1. The summed E-state index contributed by atoms with van der Waals surface area (Å²) in [6, 6.07) is 8.93. The Bertz CT molecular complexity index is 699. The first-order chi connectivity index (χ1) is 11.8. The maximum Gasteiger partial charge on any atom is 0.407 e. The zero-order valence-electron chi connectivity index (χ0n) is 14.6. The fourth-order valence-electron chi connectivity index (χ4n) is 2.86. The van der Waals surface area contributed by atoms with Crippen LogP contribution in [0.2, 0.25) is 0 Å². The molecular formula is C18H25NO5S. The fourth-order valence-corrected chi connectivity index (χ4v) is 4.19. The summed E-state index contributed by atoms with van der Waals surface area (Å²) in [6.07, 6.45) is 0.379. The maximum atomic E-state index is 12.2. The molecule has 0 bridgehead atoms. The van der Waals surface area contributed by atoms with Gasteiger partial charge in [-0.25, -0.2) is 13.2 Å². The van der Waals surface area contributed by atoms with Crippen LogP contribution in [0.15, 0.2) is 30.3 Å². The summed E-state index contributed by atoms with van der Waals surface area (Å²) in [7, 11) is -3.29. The van der Waals surface area contributed by atoms with Gasteiger partial charge in [-0.15, -0.1) is 0 Å². The summed E-state index contributed by atoms with van der Waals surface area (Å²) < 4.78 is 29.6. The molecule has 0 heterocycles. The van der Waals surface area contributed by atoms with Crippen LogP contribution in [0.4, 0.5) is 4.79 Å². The Morgan fingerprint density at radius 3 is 2.60 bits per heavy atom. The van der Waals surface area contributed by atoms with E-state index >= 15 is 0 Å². The first kappa shape index (κ1) is 19.4. The van der Waals surface area contributed by atoms with E-state index in [1.54, 1.807) is 13.8 Å². The number of rotatable bonds is 6. The van der Waals surface area contributed by atoms with Crippen molar-refractivity contribution < 1.29 is 22.7 Å². The van der Waals surface area contributed by atoms with Gasteiger partial charge in [0.2, 0.25) is 0 Å². The van der Waals surface area contributed by atoms with Gasteiger partial charge in [-0.2, -0.15) is 0 Å². The molecule has 7 heteroatoms. The van der Waals surface area contributed by atoms with E-state index in [2.05, 4.69) is 5.32 Å². The largest absolute Gasteiger partial charge is 0.445 e. The van der Waals surface area contributed by atoms with Crippen LogP contribution in [0.1, 0.15) is 38.7 Å². The van der Waals surface area contributed by atoms with Gasteiger partial charge in [0.05, 0.1) is 11.0 Å². The van der Waals surface area contributed by atoms with Crippen molar-refractivity contribution in [3.8, 4) is 0 Å². The Labute approximate surface area is 148 Å². The highest BCUT2D eigenvalue weighted by Crippen LogP contribution is 2.25. The number of alkyl carbamates (subject to hydrolysis) is 1. The van der Waals surface area contributed by atoms with Crippen LogP contribution in [0, 0.1) is 5.92 Å². The molecule has 0 radical (unpaired) electrons. The first-order valence-electron chi connectivity index (χ1n) is 8.48. The molecule has 1 aliphatic carbocycles. The number of Topliss-reactive ketones (excluding diaryl/α,β-unsaturated/α-hetero) is 1.